The van der Waals surface area contributed by atoms with Gasteiger partial charge in [0.15, 0.2) is 17.1 Å². The molecule has 2 heterocycles. The molecule has 0 saturated heterocycles. The summed E-state index contributed by atoms with van der Waals surface area (Å²) >= 11 is 0. The molecular formula is C13H14N4O6. The fraction of sp³-hybridized carbons (Fsp3) is 0.385. The van der Waals surface area contributed by atoms with Crippen LogP contribution in [0.1, 0.15) is 40.4 Å². The van der Waals surface area contributed by atoms with E-state index in [1.165, 1.54) is 19.9 Å². The maximum atomic E-state index is 11.7. The van der Waals surface area contributed by atoms with Crippen molar-refractivity contribution in [3.8, 4) is 0 Å². The highest BCUT2D eigenvalue weighted by Gasteiger charge is 2.37. The molecule has 0 bridgehead atoms. The topological polar surface area (TPSA) is 143 Å². The van der Waals surface area contributed by atoms with Crippen molar-refractivity contribution in [3.63, 3.8) is 0 Å². The number of aromatic nitrogens is 2. The van der Waals surface area contributed by atoms with Gasteiger partial charge in [-0.1, -0.05) is 0 Å². The van der Waals surface area contributed by atoms with E-state index in [4.69, 9.17) is 9.84 Å². The molecule has 23 heavy (non-hydrogen) atoms. The summed E-state index contributed by atoms with van der Waals surface area (Å²) < 4.78 is 5.92. The average molecular weight is 322 g/mol. The van der Waals surface area contributed by atoms with E-state index in [-0.39, 0.29) is 18.0 Å². The van der Waals surface area contributed by atoms with E-state index in [2.05, 4.69) is 15.3 Å². The fourth-order valence-corrected chi connectivity index (χ4v) is 2.23. The lowest BCUT2D eigenvalue weighted by molar-refractivity contribution is -0.138. The van der Waals surface area contributed by atoms with E-state index >= 15 is 0 Å². The van der Waals surface area contributed by atoms with Gasteiger partial charge in [-0.15, -0.1) is 5.11 Å². The number of rotatable bonds is 5. The normalized spacial score (nSPS) is 19.5. The minimum Gasteiger partial charge on any atom is -0.478 e. The molecule has 0 aromatic carbocycles. The minimum atomic E-state index is -1.47. The predicted molar refractivity (Wildman–Crippen MR) is 74.1 cm³/mol. The molecule has 0 fully saturated rings. The van der Waals surface area contributed by atoms with Gasteiger partial charge in [-0.05, 0) is 20.8 Å². The highest BCUT2D eigenvalue weighted by Crippen LogP contribution is 2.31. The summed E-state index contributed by atoms with van der Waals surface area (Å²) in [4.78, 5) is 34.1. The number of ether oxygens (including phenoxy) is 1. The van der Waals surface area contributed by atoms with Gasteiger partial charge >= 0.3 is 17.9 Å². The second-order valence-electron chi connectivity index (χ2n) is 4.88. The Morgan fingerprint density at radius 2 is 1.96 bits per heavy atom. The van der Waals surface area contributed by atoms with Gasteiger partial charge < -0.3 is 14.9 Å². The molecular weight excluding hydrogens is 308 g/mol. The first-order valence-electron chi connectivity index (χ1n) is 6.60. The maximum absolute atomic E-state index is 11.7. The van der Waals surface area contributed by atoms with Crippen molar-refractivity contribution in [2.75, 3.05) is 6.61 Å². The Kier molecular flexibility index (Phi) is 4.00. The third kappa shape index (κ3) is 2.70. The lowest BCUT2D eigenvalue weighted by Gasteiger charge is -2.19. The number of carboxylic acid groups (broad SMARTS) is 2. The number of aromatic carboxylic acids is 2. The van der Waals surface area contributed by atoms with Crippen molar-refractivity contribution in [2.45, 2.75) is 26.4 Å². The monoisotopic (exact) mass is 322 g/mol. The third-order valence-corrected chi connectivity index (χ3v) is 3.22. The van der Waals surface area contributed by atoms with Crippen LogP contribution < -0.4 is 0 Å². The number of carbonyl (C=O) groups excluding carboxylic acids is 1. The quantitative estimate of drug-likeness (QED) is 0.774. The van der Waals surface area contributed by atoms with E-state index in [0.717, 1.165) is 4.68 Å². The first-order valence-corrected chi connectivity index (χ1v) is 6.60. The average Bonchev–Trinajstić information content (AvgIpc) is 3.01. The Bertz CT molecular complexity index is 763. The van der Waals surface area contributed by atoms with Crippen LogP contribution in [0.5, 0.6) is 0 Å². The van der Waals surface area contributed by atoms with Gasteiger partial charge in [0.1, 0.15) is 5.56 Å². The number of azo groups is 1. The predicted octanol–water partition coefficient (Wildman–Crippen LogP) is 1.17. The van der Waals surface area contributed by atoms with Crippen LogP contribution in [0.3, 0.4) is 0 Å². The van der Waals surface area contributed by atoms with Crippen LogP contribution in [-0.2, 0) is 15.2 Å². The zero-order valence-corrected chi connectivity index (χ0v) is 12.6. The summed E-state index contributed by atoms with van der Waals surface area (Å²) in [6, 6.07) is 0. The SMILES string of the molecule is CCOC(=O)C1=CC(C)(n2nc(C(=O)O)c(C(=O)O)c2C)N=N1. The molecule has 0 amide bonds. The molecule has 122 valence electrons. The number of hydrogen-bond acceptors (Lipinski definition) is 7. The Morgan fingerprint density at radius 3 is 2.43 bits per heavy atom. The van der Waals surface area contributed by atoms with Gasteiger partial charge in [0.25, 0.3) is 0 Å². The Balaban J connectivity index is 2.53. The molecule has 0 radical (unpaired) electrons. The van der Waals surface area contributed by atoms with Crippen LogP contribution in [0.4, 0.5) is 0 Å². The first-order chi connectivity index (χ1) is 10.7. The van der Waals surface area contributed by atoms with E-state index in [1.54, 1.807) is 6.92 Å². The second-order valence-corrected chi connectivity index (χ2v) is 4.88. The molecule has 2 N–H and O–H groups in total. The van der Waals surface area contributed by atoms with Gasteiger partial charge in [-0.2, -0.15) is 10.2 Å². The number of esters is 1. The highest BCUT2D eigenvalue weighted by molar-refractivity contribution is 6.01. The number of carbonyl (C=O) groups is 3. The van der Waals surface area contributed by atoms with Crippen molar-refractivity contribution in [3.05, 3.63) is 28.7 Å². The molecule has 10 heteroatoms. The van der Waals surface area contributed by atoms with Crippen molar-refractivity contribution >= 4 is 17.9 Å². The third-order valence-electron chi connectivity index (χ3n) is 3.22. The van der Waals surface area contributed by atoms with Crippen molar-refractivity contribution in [2.24, 2.45) is 10.2 Å². The molecule has 2 rings (SSSR count). The van der Waals surface area contributed by atoms with Gasteiger partial charge in [-0.3, -0.25) is 0 Å². The molecule has 1 atom stereocenters. The second kappa shape index (κ2) is 5.63. The Labute approximate surface area is 130 Å². The lowest BCUT2D eigenvalue weighted by atomic mass is 10.1. The molecule has 1 aromatic rings. The molecule has 10 nitrogen and oxygen atoms in total. The largest absolute Gasteiger partial charge is 0.478 e. The smallest absolute Gasteiger partial charge is 0.358 e. The molecule has 0 spiro atoms. The van der Waals surface area contributed by atoms with Gasteiger partial charge in [0, 0.05) is 6.08 Å². The standard InChI is InChI=1S/C13H14N4O6/c1-4-23-12(22)7-5-13(3,16-14-7)17-6(2)8(10(18)19)9(15-17)11(20)21/h5H,4H2,1-3H3,(H,18,19)(H,20,21). The molecule has 1 aromatic heterocycles. The number of nitrogens with zero attached hydrogens (tertiary/aromatic N) is 4. The number of carboxylic acids is 2. The van der Waals surface area contributed by atoms with Crippen LogP contribution in [0.2, 0.25) is 0 Å². The van der Waals surface area contributed by atoms with E-state index in [0.29, 0.717) is 0 Å². The van der Waals surface area contributed by atoms with Crippen molar-refractivity contribution < 1.29 is 29.3 Å². The summed E-state index contributed by atoms with van der Waals surface area (Å²) in [6.07, 6.45) is 1.34. The molecule has 1 aliphatic heterocycles. The minimum absolute atomic E-state index is 0.0574. The van der Waals surface area contributed by atoms with Crippen molar-refractivity contribution in [1.82, 2.24) is 9.78 Å². The van der Waals surface area contributed by atoms with Crippen LogP contribution in [-0.4, -0.2) is 44.5 Å². The van der Waals surface area contributed by atoms with E-state index < -0.39 is 34.8 Å². The van der Waals surface area contributed by atoms with Crippen molar-refractivity contribution in [1.29, 1.82) is 0 Å². The van der Waals surface area contributed by atoms with Crippen LogP contribution in [0, 0.1) is 6.92 Å². The summed E-state index contributed by atoms with van der Waals surface area (Å²) in [7, 11) is 0. The summed E-state index contributed by atoms with van der Waals surface area (Å²) in [6.45, 7) is 4.72. The zero-order valence-electron chi connectivity index (χ0n) is 12.6. The van der Waals surface area contributed by atoms with Crippen LogP contribution >= 0.6 is 0 Å². The molecule has 0 saturated carbocycles. The van der Waals surface area contributed by atoms with Crippen LogP contribution in [0.25, 0.3) is 0 Å². The maximum Gasteiger partial charge on any atom is 0.358 e. The molecule has 1 aliphatic rings. The van der Waals surface area contributed by atoms with Gasteiger partial charge in [0.2, 0.25) is 0 Å². The Morgan fingerprint density at radius 1 is 1.30 bits per heavy atom. The zero-order chi connectivity index (χ0) is 17.4. The first kappa shape index (κ1) is 16.3. The number of hydrogen-bond donors (Lipinski definition) is 2. The summed E-state index contributed by atoms with van der Waals surface area (Å²) in [5.74, 6) is -3.57. The molecule has 0 aliphatic carbocycles. The highest BCUT2D eigenvalue weighted by atomic mass is 16.5. The van der Waals surface area contributed by atoms with Crippen LogP contribution in [0.15, 0.2) is 22.0 Å². The van der Waals surface area contributed by atoms with E-state index in [9.17, 15) is 19.5 Å². The van der Waals surface area contributed by atoms with E-state index in [1.807, 2.05) is 0 Å². The fourth-order valence-electron chi connectivity index (χ4n) is 2.23. The molecule has 1 unspecified atom stereocenters. The Hall–Kier alpha value is -3.04. The lowest BCUT2D eigenvalue weighted by Crippen LogP contribution is -2.27. The summed E-state index contributed by atoms with van der Waals surface area (Å²) in [5, 5.41) is 29.7. The van der Waals surface area contributed by atoms with Gasteiger partial charge in [-0.25, -0.2) is 19.1 Å². The van der Waals surface area contributed by atoms with Gasteiger partial charge in [0.05, 0.1) is 12.3 Å². The summed E-state index contributed by atoms with van der Waals surface area (Å²) in [5.41, 5.74) is -2.34.